The van der Waals surface area contributed by atoms with E-state index < -0.39 is 21.6 Å². The first-order valence-electron chi connectivity index (χ1n) is 6.14. The van der Waals surface area contributed by atoms with Crippen molar-refractivity contribution in [1.29, 1.82) is 0 Å². The van der Waals surface area contributed by atoms with Gasteiger partial charge in [0.05, 0.1) is 16.3 Å². The van der Waals surface area contributed by atoms with Gasteiger partial charge in [-0.25, -0.2) is 8.42 Å². The van der Waals surface area contributed by atoms with Gasteiger partial charge in [0.2, 0.25) is 0 Å². The lowest BCUT2D eigenvalue weighted by Gasteiger charge is -2.24. The molecule has 0 saturated carbocycles. The Labute approximate surface area is 127 Å². The van der Waals surface area contributed by atoms with Crippen LogP contribution in [0, 0.1) is 0 Å². The van der Waals surface area contributed by atoms with Crippen LogP contribution in [0.4, 0.5) is 13.2 Å². The van der Waals surface area contributed by atoms with E-state index >= 15 is 0 Å². The molecule has 8 heteroatoms. The molecule has 1 aromatic rings. The third-order valence-electron chi connectivity index (χ3n) is 3.06. The Balaban J connectivity index is 2.89. The minimum atomic E-state index is -4.51. The highest BCUT2D eigenvalue weighted by Crippen LogP contribution is 2.35. The van der Waals surface area contributed by atoms with Crippen molar-refractivity contribution in [1.82, 2.24) is 4.90 Å². The number of sulfone groups is 1. The van der Waals surface area contributed by atoms with E-state index in [-0.39, 0.29) is 23.4 Å². The lowest BCUT2D eigenvalue weighted by Crippen LogP contribution is -2.34. The molecule has 0 unspecified atom stereocenters. The van der Waals surface area contributed by atoms with Gasteiger partial charge in [0.25, 0.3) is 0 Å². The third kappa shape index (κ3) is 5.84. The van der Waals surface area contributed by atoms with Crippen LogP contribution in [0.3, 0.4) is 0 Å². The van der Waals surface area contributed by atoms with Crippen molar-refractivity contribution >= 4 is 21.4 Å². The molecule has 0 spiro atoms. The number of hydrogen-bond donors (Lipinski definition) is 0. The van der Waals surface area contributed by atoms with E-state index in [2.05, 4.69) is 0 Å². The Kier molecular flexibility index (Phi) is 5.69. The summed E-state index contributed by atoms with van der Waals surface area (Å²) >= 11 is 5.55. The van der Waals surface area contributed by atoms with E-state index in [1.54, 1.807) is 18.9 Å². The summed E-state index contributed by atoms with van der Waals surface area (Å²) < 4.78 is 60.8. The summed E-state index contributed by atoms with van der Waals surface area (Å²) in [6.07, 6.45) is -3.38. The predicted molar refractivity (Wildman–Crippen MR) is 77.1 cm³/mol. The molecule has 1 rings (SSSR count). The molecular weight excluding hydrogens is 327 g/mol. The minimum Gasteiger partial charge on any atom is -0.298 e. The van der Waals surface area contributed by atoms with Gasteiger partial charge in [0, 0.05) is 18.8 Å². The minimum absolute atomic E-state index is 0.0524. The first kappa shape index (κ1) is 18.3. The summed E-state index contributed by atoms with van der Waals surface area (Å²) in [5.74, 6) is -0.0524. The van der Waals surface area contributed by atoms with Gasteiger partial charge in [-0.3, -0.25) is 4.90 Å². The summed E-state index contributed by atoms with van der Waals surface area (Å²) in [6.45, 7) is 1.92. The topological polar surface area (TPSA) is 37.4 Å². The maximum absolute atomic E-state index is 12.8. The fraction of sp³-hybridized carbons (Fsp3) is 0.538. The average Bonchev–Trinajstić information content (AvgIpc) is 2.27. The maximum atomic E-state index is 12.8. The molecule has 3 nitrogen and oxygen atoms in total. The van der Waals surface area contributed by atoms with Crippen LogP contribution in [0.1, 0.15) is 18.1 Å². The van der Waals surface area contributed by atoms with Gasteiger partial charge in [-0.1, -0.05) is 17.7 Å². The van der Waals surface area contributed by atoms with Crippen molar-refractivity contribution < 1.29 is 21.6 Å². The zero-order valence-corrected chi connectivity index (χ0v) is 13.5. The molecule has 0 aliphatic heterocycles. The molecule has 0 bridgehead atoms. The highest BCUT2D eigenvalue weighted by molar-refractivity contribution is 7.90. The molecule has 0 aromatic heterocycles. The van der Waals surface area contributed by atoms with E-state index in [9.17, 15) is 21.6 Å². The van der Waals surface area contributed by atoms with Crippen molar-refractivity contribution in [2.75, 3.05) is 19.1 Å². The number of benzene rings is 1. The first-order valence-corrected chi connectivity index (χ1v) is 8.57. The first-order chi connectivity index (χ1) is 9.40. The number of halogens is 4. The van der Waals surface area contributed by atoms with Crippen molar-refractivity contribution in [2.45, 2.75) is 25.7 Å². The number of nitrogens with zero attached hydrogens (tertiary/aromatic N) is 1. The van der Waals surface area contributed by atoms with Crippen molar-refractivity contribution in [3.8, 4) is 0 Å². The van der Waals surface area contributed by atoms with E-state index in [1.807, 2.05) is 0 Å². The van der Waals surface area contributed by atoms with E-state index in [1.165, 1.54) is 12.1 Å². The molecule has 1 atom stereocenters. The second-order valence-corrected chi connectivity index (χ2v) is 7.76. The lowest BCUT2D eigenvalue weighted by molar-refractivity contribution is -0.137. The molecule has 0 heterocycles. The monoisotopic (exact) mass is 343 g/mol. The van der Waals surface area contributed by atoms with Crippen LogP contribution in [-0.2, 0) is 22.6 Å². The molecule has 120 valence electrons. The van der Waals surface area contributed by atoms with Crippen LogP contribution in [0.25, 0.3) is 0 Å². The molecule has 0 saturated heterocycles. The number of rotatable bonds is 5. The lowest BCUT2D eigenvalue weighted by atomic mass is 10.1. The molecule has 21 heavy (non-hydrogen) atoms. The largest absolute Gasteiger partial charge is 0.417 e. The third-order valence-corrected chi connectivity index (χ3v) is 4.48. The van der Waals surface area contributed by atoms with Gasteiger partial charge < -0.3 is 0 Å². The van der Waals surface area contributed by atoms with Crippen molar-refractivity contribution in [2.24, 2.45) is 0 Å². The van der Waals surface area contributed by atoms with E-state index in [0.29, 0.717) is 5.56 Å². The second kappa shape index (κ2) is 6.54. The Morgan fingerprint density at radius 2 is 1.90 bits per heavy atom. The van der Waals surface area contributed by atoms with Gasteiger partial charge in [0.1, 0.15) is 9.84 Å². The van der Waals surface area contributed by atoms with Gasteiger partial charge in [-0.05, 0) is 31.7 Å². The van der Waals surface area contributed by atoms with Crippen LogP contribution in [0.5, 0.6) is 0 Å². The Bertz CT molecular complexity index is 602. The Morgan fingerprint density at radius 1 is 1.33 bits per heavy atom. The molecule has 0 aliphatic rings. The summed E-state index contributed by atoms with van der Waals surface area (Å²) in [5.41, 5.74) is -0.458. The van der Waals surface area contributed by atoms with Gasteiger partial charge in [0.15, 0.2) is 0 Å². The highest BCUT2D eigenvalue weighted by atomic mass is 35.5. The molecule has 1 aromatic carbocycles. The highest BCUT2D eigenvalue weighted by Gasteiger charge is 2.33. The fourth-order valence-electron chi connectivity index (χ4n) is 1.90. The van der Waals surface area contributed by atoms with Gasteiger partial charge in [-0.2, -0.15) is 13.2 Å². The molecular formula is C13H17ClF3NO2S. The fourth-order valence-corrected chi connectivity index (χ4v) is 3.25. The summed E-state index contributed by atoms with van der Waals surface area (Å²) in [4.78, 5) is 1.68. The van der Waals surface area contributed by atoms with Gasteiger partial charge >= 0.3 is 6.18 Å². The molecule has 0 aliphatic carbocycles. The summed E-state index contributed by atoms with van der Waals surface area (Å²) in [5, 5.41) is -0.349. The van der Waals surface area contributed by atoms with Crippen LogP contribution in [0.2, 0.25) is 5.02 Å². The quantitative estimate of drug-likeness (QED) is 0.823. The molecule has 0 N–H and O–H groups in total. The van der Waals surface area contributed by atoms with Crippen LogP contribution >= 0.6 is 11.6 Å². The summed E-state index contributed by atoms with van der Waals surface area (Å²) in [6, 6.07) is 3.40. The van der Waals surface area contributed by atoms with Crippen LogP contribution in [-0.4, -0.2) is 38.4 Å². The van der Waals surface area contributed by atoms with Crippen LogP contribution in [0.15, 0.2) is 18.2 Å². The Morgan fingerprint density at radius 3 is 2.38 bits per heavy atom. The molecule has 0 amide bonds. The van der Waals surface area contributed by atoms with Gasteiger partial charge in [-0.15, -0.1) is 0 Å². The standard InChI is InChI=1S/C13H17ClF3NO2S/c1-9(8-21(3,19)20)18(2)7-10-4-5-12(14)11(6-10)13(15,16)17/h4-6,9H,7-8H2,1-3H3/t9-/m0/s1. The summed E-state index contributed by atoms with van der Waals surface area (Å²) in [7, 11) is -1.48. The number of hydrogen-bond acceptors (Lipinski definition) is 3. The Hall–Kier alpha value is -0.790. The van der Waals surface area contributed by atoms with Crippen LogP contribution < -0.4 is 0 Å². The molecule has 0 fully saturated rings. The predicted octanol–water partition coefficient (Wildman–Crippen LogP) is 3.22. The normalized spacial score (nSPS) is 14.5. The second-order valence-electron chi connectivity index (χ2n) is 5.17. The number of alkyl halides is 3. The van der Waals surface area contributed by atoms with Crippen molar-refractivity contribution in [3.05, 3.63) is 34.3 Å². The average molecular weight is 344 g/mol. The van der Waals surface area contributed by atoms with E-state index in [0.717, 1.165) is 12.3 Å². The van der Waals surface area contributed by atoms with E-state index in [4.69, 9.17) is 11.6 Å². The SMILES string of the molecule is C[C@@H](CS(C)(=O)=O)N(C)Cc1ccc(Cl)c(C(F)(F)F)c1. The zero-order valence-electron chi connectivity index (χ0n) is 11.9. The zero-order chi connectivity index (χ0) is 16.4. The molecule has 0 radical (unpaired) electrons. The smallest absolute Gasteiger partial charge is 0.298 e. The van der Waals surface area contributed by atoms with Crippen molar-refractivity contribution in [3.63, 3.8) is 0 Å². The maximum Gasteiger partial charge on any atom is 0.417 e.